The van der Waals surface area contributed by atoms with Crippen LogP contribution < -0.4 is 15.4 Å². The molecule has 2 atom stereocenters. The molecule has 3 rings (SSSR count). The van der Waals surface area contributed by atoms with Crippen molar-refractivity contribution in [3.05, 3.63) is 29.8 Å². The van der Waals surface area contributed by atoms with Gasteiger partial charge in [0, 0.05) is 19.6 Å². The highest BCUT2D eigenvalue weighted by Crippen LogP contribution is 2.27. The molecule has 0 bridgehead atoms. The average molecular weight is 303 g/mol. The molecule has 1 aromatic carbocycles. The monoisotopic (exact) mass is 303 g/mol. The molecule has 1 saturated heterocycles. The van der Waals surface area contributed by atoms with Gasteiger partial charge in [0.2, 0.25) is 0 Å². The lowest BCUT2D eigenvalue weighted by atomic mass is 10.1. The number of hydrogen-bond acceptors (Lipinski definition) is 3. The van der Waals surface area contributed by atoms with Crippen LogP contribution in [0.3, 0.4) is 0 Å². The van der Waals surface area contributed by atoms with E-state index < -0.39 is 0 Å². The second-order valence-corrected chi connectivity index (χ2v) is 5.79. The zero-order valence-electron chi connectivity index (χ0n) is 13.2. The summed E-state index contributed by atoms with van der Waals surface area (Å²) in [6.45, 7) is 5.28. The van der Waals surface area contributed by atoms with Gasteiger partial charge in [-0.3, -0.25) is 4.99 Å². The van der Waals surface area contributed by atoms with Crippen molar-refractivity contribution in [2.24, 2.45) is 4.99 Å². The molecule has 0 saturated carbocycles. The van der Waals surface area contributed by atoms with Crippen LogP contribution in [0.4, 0.5) is 0 Å². The molecule has 2 N–H and O–H groups in total. The van der Waals surface area contributed by atoms with E-state index in [0.717, 1.165) is 57.2 Å². The Morgan fingerprint density at radius 2 is 2.18 bits per heavy atom. The highest BCUT2D eigenvalue weighted by molar-refractivity contribution is 5.79. The third kappa shape index (κ3) is 3.91. The third-order valence-corrected chi connectivity index (χ3v) is 4.03. The Hall–Kier alpha value is -1.75. The Bertz CT molecular complexity index is 487. The van der Waals surface area contributed by atoms with Crippen molar-refractivity contribution in [3.63, 3.8) is 0 Å². The number of guanidine groups is 1. The van der Waals surface area contributed by atoms with E-state index in [0.29, 0.717) is 0 Å². The summed E-state index contributed by atoms with van der Waals surface area (Å²) in [5.74, 6) is 1.85. The van der Waals surface area contributed by atoms with Crippen LogP contribution in [-0.4, -0.2) is 44.4 Å². The molecule has 120 valence electrons. The molecular weight excluding hydrogens is 278 g/mol. The fraction of sp³-hybridized carbons (Fsp3) is 0.588. The first-order chi connectivity index (χ1) is 10.8. The van der Waals surface area contributed by atoms with Crippen molar-refractivity contribution < 1.29 is 9.47 Å². The number of ether oxygens (including phenoxy) is 2. The smallest absolute Gasteiger partial charge is 0.191 e. The van der Waals surface area contributed by atoms with Gasteiger partial charge in [-0.15, -0.1) is 0 Å². The van der Waals surface area contributed by atoms with E-state index in [4.69, 9.17) is 9.47 Å². The zero-order valence-corrected chi connectivity index (χ0v) is 13.2. The van der Waals surface area contributed by atoms with Gasteiger partial charge in [0.1, 0.15) is 11.9 Å². The first-order valence-corrected chi connectivity index (χ1v) is 8.23. The maximum Gasteiger partial charge on any atom is 0.191 e. The number of para-hydroxylation sites is 1. The molecular formula is C17H25N3O2. The minimum atomic E-state index is 0.170. The summed E-state index contributed by atoms with van der Waals surface area (Å²) in [5.41, 5.74) is 1.29. The molecule has 2 aliphatic rings. The second-order valence-electron chi connectivity index (χ2n) is 5.79. The van der Waals surface area contributed by atoms with E-state index in [1.54, 1.807) is 0 Å². The molecule has 2 aliphatic heterocycles. The summed E-state index contributed by atoms with van der Waals surface area (Å²) in [5, 5.41) is 6.66. The summed E-state index contributed by atoms with van der Waals surface area (Å²) < 4.78 is 11.6. The van der Waals surface area contributed by atoms with Gasteiger partial charge in [0.25, 0.3) is 0 Å². The largest absolute Gasteiger partial charge is 0.488 e. The lowest BCUT2D eigenvalue weighted by molar-refractivity contribution is 0.117. The van der Waals surface area contributed by atoms with Crippen LogP contribution in [0.5, 0.6) is 5.75 Å². The first-order valence-electron chi connectivity index (χ1n) is 8.23. The lowest BCUT2D eigenvalue weighted by Gasteiger charge is -2.16. The number of nitrogens with one attached hydrogen (secondary N) is 2. The molecule has 0 aliphatic carbocycles. The van der Waals surface area contributed by atoms with Gasteiger partial charge in [-0.05, 0) is 31.4 Å². The summed E-state index contributed by atoms with van der Waals surface area (Å²) in [6.07, 6.45) is 3.67. The quantitative estimate of drug-likeness (QED) is 0.642. The van der Waals surface area contributed by atoms with Gasteiger partial charge < -0.3 is 20.1 Å². The molecule has 0 radical (unpaired) electrons. The van der Waals surface area contributed by atoms with E-state index in [9.17, 15) is 0 Å². The molecule has 0 spiro atoms. The minimum absolute atomic E-state index is 0.170. The van der Waals surface area contributed by atoms with E-state index in [2.05, 4.69) is 34.7 Å². The SMILES string of the molecule is CCNC(=NCC1CCCO1)NCC1Cc2ccccc2O1. The van der Waals surface area contributed by atoms with Crippen LogP contribution in [0.25, 0.3) is 0 Å². The number of nitrogens with zero attached hydrogens (tertiary/aromatic N) is 1. The molecule has 1 aromatic rings. The number of aliphatic imine (C=N–C) groups is 1. The molecule has 0 amide bonds. The highest BCUT2D eigenvalue weighted by Gasteiger charge is 2.22. The molecule has 0 aromatic heterocycles. The van der Waals surface area contributed by atoms with Crippen molar-refractivity contribution >= 4 is 5.96 Å². The average Bonchev–Trinajstić information content (AvgIpc) is 3.18. The van der Waals surface area contributed by atoms with Crippen LogP contribution in [0.15, 0.2) is 29.3 Å². The summed E-state index contributed by atoms with van der Waals surface area (Å²) in [7, 11) is 0. The number of benzene rings is 1. The predicted molar refractivity (Wildman–Crippen MR) is 87.5 cm³/mol. The molecule has 1 fully saturated rings. The zero-order chi connectivity index (χ0) is 15.2. The van der Waals surface area contributed by atoms with Crippen LogP contribution in [-0.2, 0) is 11.2 Å². The van der Waals surface area contributed by atoms with Gasteiger partial charge in [-0.1, -0.05) is 18.2 Å². The van der Waals surface area contributed by atoms with Gasteiger partial charge in [-0.2, -0.15) is 0 Å². The van der Waals surface area contributed by atoms with Crippen LogP contribution >= 0.6 is 0 Å². The maximum absolute atomic E-state index is 5.94. The molecule has 2 unspecified atom stereocenters. The van der Waals surface area contributed by atoms with Crippen LogP contribution in [0.2, 0.25) is 0 Å². The Kier molecular flexibility index (Phi) is 5.16. The van der Waals surface area contributed by atoms with Gasteiger partial charge in [-0.25, -0.2) is 0 Å². The van der Waals surface area contributed by atoms with E-state index in [-0.39, 0.29) is 12.2 Å². The summed E-state index contributed by atoms with van der Waals surface area (Å²) in [6, 6.07) is 8.24. The van der Waals surface area contributed by atoms with Crippen molar-refractivity contribution in [1.29, 1.82) is 0 Å². The molecule has 22 heavy (non-hydrogen) atoms. The van der Waals surface area contributed by atoms with Crippen molar-refractivity contribution in [2.75, 3.05) is 26.2 Å². The predicted octanol–water partition coefficient (Wildman–Crippen LogP) is 1.72. The minimum Gasteiger partial charge on any atom is -0.488 e. The van der Waals surface area contributed by atoms with Crippen molar-refractivity contribution in [2.45, 2.75) is 38.4 Å². The standard InChI is InChI=1S/C17H25N3O2/c1-2-18-17(19-11-14-7-5-9-21-14)20-12-15-10-13-6-3-4-8-16(13)22-15/h3-4,6,8,14-15H,2,5,7,9-12H2,1H3,(H2,18,19,20). The summed E-state index contributed by atoms with van der Waals surface area (Å²) in [4.78, 5) is 4.62. The van der Waals surface area contributed by atoms with Crippen molar-refractivity contribution in [3.8, 4) is 5.75 Å². The topological polar surface area (TPSA) is 54.9 Å². The molecule has 5 heteroatoms. The second kappa shape index (κ2) is 7.49. The first kappa shape index (κ1) is 15.2. The van der Waals surface area contributed by atoms with Gasteiger partial charge in [0.15, 0.2) is 5.96 Å². The fourth-order valence-electron chi connectivity index (χ4n) is 2.90. The fourth-order valence-corrected chi connectivity index (χ4v) is 2.90. The molecule has 5 nitrogen and oxygen atoms in total. The van der Waals surface area contributed by atoms with Crippen molar-refractivity contribution in [1.82, 2.24) is 10.6 Å². The van der Waals surface area contributed by atoms with Crippen LogP contribution in [0.1, 0.15) is 25.3 Å². The Labute approximate surface area is 132 Å². The Balaban J connectivity index is 1.48. The van der Waals surface area contributed by atoms with E-state index >= 15 is 0 Å². The molecule has 2 heterocycles. The normalized spacial score (nSPS) is 24.0. The summed E-state index contributed by atoms with van der Waals surface area (Å²) >= 11 is 0. The Morgan fingerprint density at radius 3 is 2.95 bits per heavy atom. The van der Waals surface area contributed by atoms with E-state index in [1.807, 2.05) is 12.1 Å². The lowest BCUT2D eigenvalue weighted by Crippen LogP contribution is -2.42. The van der Waals surface area contributed by atoms with Crippen LogP contribution in [0, 0.1) is 0 Å². The van der Waals surface area contributed by atoms with E-state index in [1.165, 1.54) is 5.56 Å². The number of fused-ring (bicyclic) bond motifs is 1. The van der Waals surface area contributed by atoms with Gasteiger partial charge >= 0.3 is 0 Å². The highest BCUT2D eigenvalue weighted by atomic mass is 16.5. The van der Waals surface area contributed by atoms with Gasteiger partial charge in [0.05, 0.1) is 19.2 Å². The Morgan fingerprint density at radius 1 is 1.27 bits per heavy atom. The number of hydrogen-bond donors (Lipinski definition) is 2. The third-order valence-electron chi connectivity index (χ3n) is 4.03. The number of rotatable bonds is 5. The maximum atomic E-state index is 5.94.